The van der Waals surface area contributed by atoms with Crippen LogP contribution in [0, 0.1) is 0 Å². The van der Waals surface area contributed by atoms with Crippen molar-refractivity contribution in [3.05, 3.63) is 29.7 Å². The molecule has 1 aliphatic heterocycles. The molecule has 3 heteroatoms. The molecule has 1 unspecified atom stereocenters. The zero-order valence-electron chi connectivity index (χ0n) is 10.5. The number of benzene rings is 1. The van der Waals surface area contributed by atoms with Gasteiger partial charge in [-0.15, -0.1) is 0 Å². The van der Waals surface area contributed by atoms with Crippen molar-refractivity contribution in [2.75, 3.05) is 13.1 Å². The second-order valence-electron chi connectivity index (χ2n) is 5.60. The molecule has 4 rings (SSSR count). The van der Waals surface area contributed by atoms with Crippen LogP contribution in [0.15, 0.2) is 22.6 Å². The molecule has 1 saturated carbocycles. The smallest absolute Gasteiger partial charge is 0.198 e. The van der Waals surface area contributed by atoms with Crippen LogP contribution in [-0.2, 0) is 0 Å². The largest absolute Gasteiger partial charge is 0.440 e. The molecule has 2 heterocycles. The van der Waals surface area contributed by atoms with Crippen molar-refractivity contribution in [3.8, 4) is 0 Å². The van der Waals surface area contributed by atoms with Gasteiger partial charge in [-0.3, -0.25) is 0 Å². The monoisotopic (exact) mass is 242 g/mol. The van der Waals surface area contributed by atoms with Crippen LogP contribution in [0.5, 0.6) is 0 Å². The van der Waals surface area contributed by atoms with E-state index in [0.29, 0.717) is 11.8 Å². The summed E-state index contributed by atoms with van der Waals surface area (Å²) in [6.45, 7) is 2.26. The van der Waals surface area contributed by atoms with Gasteiger partial charge in [-0.1, -0.05) is 6.07 Å². The van der Waals surface area contributed by atoms with Gasteiger partial charge in [0.2, 0.25) is 0 Å². The molecule has 2 aliphatic rings. The number of hydrogen-bond acceptors (Lipinski definition) is 3. The van der Waals surface area contributed by atoms with Crippen LogP contribution in [-0.4, -0.2) is 18.1 Å². The van der Waals surface area contributed by atoms with E-state index in [9.17, 15) is 0 Å². The summed E-state index contributed by atoms with van der Waals surface area (Å²) >= 11 is 0. The summed E-state index contributed by atoms with van der Waals surface area (Å²) in [4.78, 5) is 4.64. The Balaban J connectivity index is 1.69. The van der Waals surface area contributed by atoms with Gasteiger partial charge < -0.3 is 9.73 Å². The van der Waals surface area contributed by atoms with Gasteiger partial charge in [-0.25, -0.2) is 4.98 Å². The summed E-state index contributed by atoms with van der Waals surface area (Å²) in [6, 6.07) is 6.53. The van der Waals surface area contributed by atoms with Gasteiger partial charge >= 0.3 is 0 Å². The number of nitrogens with zero attached hydrogens (tertiary/aromatic N) is 1. The maximum Gasteiger partial charge on any atom is 0.198 e. The van der Waals surface area contributed by atoms with E-state index in [2.05, 4.69) is 28.5 Å². The van der Waals surface area contributed by atoms with Crippen LogP contribution >= 0.6 is 0 Å². The molecule has 1 N–H and O–H groups in total. The molecule has 2 fully saturated rings. The van der Waals surface area contributed by atoms with E-state index in [1.165, 1.54) is 31.2 Å². The zero-order chi connectivity index (χ0) is 11.9. The first-order valence-electron chi connectivity index (χ1n) is 7.01. The number of piperidine rings is 1. The number of rotatable bonds is 2. The molecule has 0 amide bonds. The van der Waals surface area contributed by atoms with Crippen LogP contribution in [0.1, 0.15) is 49.0 Å². The van der Waals surface area contributed by atoms with Crippen molar-refractivity contribution >= 4 is 11.1 Å². The van der Waals surface area contributed by atoms with Crippen LogP contribution < -0.4 is 5.32 Å². The molecule has 18 heavy (non-hydrogen) atoms. The van der Waals surface area contributed by atoms with Gasteiger partial charge in [0, 0.05) is 12.5 Å². The second-order valence-corrected chi connectivity index (χ2v) is 5.60. The highest BCUT2D eigenvalue weighted by molar-refractivity contribution is 5.73. The summed E-state index contributed by atoms with van der Waals surface area (Å²) in [5.74, 6) is 2.19. The predicted molar refractivity (Wildman–Crippen MR) is 70.8 cm³/mol. The van der Waals surface area contributed by atoms with Gasteiger partial charge in [-0.05, 0) is 55.8 Å². The first kappa shape index (κ1) is 10.6. The highest BCUT2D eigenvalue weighted by Gasteiger charge is 2.29. The minimum Gasteiger partial charge on any atom is -0.440 e. The molecule has 94 valence electrons. The van der Waals surface area contributed by atoms with Crippen LogP contribution in [0.4, 0.5) is 0 Å². The third kappa shape index (κ3) is 1.83. The fraction of sp³-hybridized carbons (Fsp3) is 0.533. The van der Waals surface area contributed by atoms with Crippen LogP contribution in [0.2, 0.25) is 0 Å². The van der Waals surface area contributed by atoms with Gasteiger partial charge in [0.1, 0.15) is 5.52 Å². The molecule has 1 aliphatic carbocycles. The van der Waals surface area contributed by atoms with E-state index < -0.39 is 0 Å². The minimum absolute atomic E-state index is 0.595. The number of hydrogen-bond donors (Lipinski definition) is 1. The molecule has 3 nitrogen and oxygen atoms in total. The van der Waals surface area contributed by atoms with Crippen LogP contribution in [0.3, 0.4) is 0 Å². The predicted octanol–water partition coefficient (Wildman–Crippen LogP) is 3.17. The van der Waals surface area contributed by atoms with Crippen molar-refractivity contribution in [2.45, 2.75) is 37.5 Å². The van der Waals surface area contributed by atoms with E-state index >= 15 is 0 Å². The number of fused-ring (bicyclic) bond motifs is 1. The normalized spacial score (nSPS) is 24.6. The summed E-state index contributed by atoms with van der Waals surface area (Å²) in [6.07, 6.45) is 5.04. The Morgan fingerprint density at radius 1 is 1.17 bits per heavy atom. The molecule has 0 radical (unpaired) electrons. The lowest BCUT2D eigenvalue weighted by Crippen LogP contribution is -2.28. The maximum atomic E-state index is 5.81. The third-order valence-corrected chi connectivity index (χ3v) is 4.12. The summed E-state index contributed by atoms with van der Waals surface area (Å²) in [5.41, 5.74) is 3.40. The molecule has 2 aromatic rings. The van der Waals surface area contributed by atoms with E-state index in [0.717, 1.165) is 30.1 Å². The molecule has 0 bridgehead atoms. The van der Waals surface area contributed by atoms with Crippen LogP contribution in [0.25, 0.3) is 11.1 Å². The highest BCUT2D eigenvalue weighted by Crippen LogP contribution is 2.40. The fourth-order valence-electron chi connectivity index (χ4n) is 2.86. The van der Waals surface area contributed by atoms with Crippen molar-refractivity contribution in [3.63, 3.8) is 0 Å². The molecule has 0 spiro atoms. The van der Waals surface area contributed by atoms with Gasteiger partial charge in [0.05, 0.1) is 0 Å². The minimum atomic E-state index is 0.595. The Labute approximate surface area is 107 Å². The number of aromatic nitrogens is 1. The summed E-state index contributed by atoms with van der Waals surface area (Å²) < 4.78 is 5.81. The van der Waals surface area contributed by atoms with E-state index in [1.54, 1.807) is 0 Å². The summed E-state index contributed by atoms with van der Waals surface area (Å²) in [7, 11) is 0. The standard InChI is InChI=1S/C15H18N2O/c1-2-12(9-16-7-1)11-5-6-14-13(8-11)17-15(18-14)10-3-4-10/h5-6,8,10,12,16H,1-4,7,9H2. The van der Waals surface area contributed by atoms with Gasteiger partial charge in [0.25, 0.3) is 0 Å². The Kier molecular flexibility index (Phi) is 2.40. The number of nitrogens with one attached hydrogen (secondary N) is 1. The first-order chi connectivity index (χ1) is 8.90. The Morgan fingerprint density at radius 2 is 2.11 bits per heavy atom. The first-order valence-corrected chi connectivity index (χ1v) is 7.01. The molecular formula is C15H18N2O. The quantitative estimate of drug-likeness (QED) is 0.879. The highest BCUT2D eigenvalue weighted by atomic mass is 16.3. The topological polar surface area (TPSA) is 38.1 Å². The lowest BCUT2D eigenvalue weighted by Gasteiger charge is -2.22. The Bertz CT molecular complexity index is 565. The van der Waals surface area contributed by atoms with Gasteiger partial charge in [-0.2, -0.15) is 0 Å². The Hall–Kier alpha value is -1.35. The zero-order valence-corrected chi connectivity index (χ0v) is 10.5. The van der Waals surface area contributed by atoms with Gasteiger partial charge in [0.15, 0.2) is 11.5 Å². The second kappa shape index (κ2) is 4.09. The number of oxazole rings is 1. The van der Waals surface area contributed by atoms with Crippen molar-refractivity contribution < 1.29 is 4.42 Å². The lowest BCUT2D eigenvalue weighted by atomic mass is 9.91. The molecule has 1 atom stereocenters. The van der Waals surface area contributed by atoms with E-state index in [-0.39, 0.29) is 0 Å². The average molecular weight is 242 g/mol. The van der Waals surface area contributed by atoms with Crippen molar-refractivity contribution in [2.24, 2.45) is 0 Å². The maximum absolute atomic E-state index is 5.81. The van der Waals surface area contributed by atoms with Crippen molar-refractivity contribution in [1.82, 2.24) is 10.3 Å². The molecular weight excluding hydrogens is 224 g/mol. The summed E-state index contributed by atoms with van der Waals surface area (Å²) in [5, 5.41) is 3.47. The van der Waals surface area contributed by atoms with Crippen molar-refractivity contribution in [1.29, 1.82) is 0 Å². The third-order valence-electron chi connectivity index (χ3n) is 4.12. The lowest BCUT2D eigenvalue weighted by molar-refractivity contribution is 0.462. The molecule has 1 saturated heterocycles. The van der Waals surface area contributed by atoms with E-state index in [1.807, 2.05) is 0 Å². The van der Waals surface area contributed by atoms with E-state index in [4.69, 9.17) is 4.42 Å². The SMILES string of the molecule is c1cc2oc(C3CC3)nc2cc1C1CCCNC1. The molecule has 1 aromatic carbocycles. The Morgan fingerprint density at radius 3 is 2.89 bits per heavy atom. The fourth-order valence-corrected chi connectivity index (χ4v) is 2.86. The average Bonchev–Trinajstić information content (AvgIpc) is 3.19. The molecule has 1 aromatic heterocycles.